The molecule has 0 spiro atoms. The molecule has 2 aromatic rings. The third-order valence-corrected chi connectivity index (χ3v) is 2.22. The predicted molar refractivity (Wildman–Crippen MR) is 50.0 cm³/mol. The standard InChI is InChI=1S/C8H6ClFN4O/c9-6-1-2-7(5(3-15)8(6)10)14-4-11-12-13-14/h1-2,4,15H,3H2. The van der Waals surface area contributed by atoms with Crippen molar-refractivity contribution in [3.05, 3.63) is 34.9 Å². The molecule has 1 N–H and O–H groups in total. The van der Waals surface area contributed by atoms with Crippen molar-refractivity contribution >= 4 is 11.6 Å². The fourth-order valence-corrected chi connectivity index (χ4v) is 1.40. The van der Waals surface area contributed by atoms with E-state index in [0.29, 0.717) is 5.69 Å². The van der Waals surface area contributed by atoms with Crippen molar-refractivity contribution in [1.29, 1.82) is 0 Å². The molecule has 0 saturated carbocycles. The van der Waals surface area contributed by atoms with Gasteiger partial charge in [-0.05, 0) is 22.6 Å². The Bertz CT molecular complexity index is 474. The van der Waals surface area contributed by atoms with Crippen LogP contribution in [0.3, 0.4) is 0 Å². The fourth-order valence-electron chi connectivity index (χ4n) is 1.22. The molecule has 0 saturated heterocycles. The minimum atomic E-state index is -0.660. The maximum atomic E-state index is 13.5. The van der Waals surface area contributed by atoms with Crippen LogP contribution >= 0.6 is 11.6 Å². The number of aliphatic hydroxyl groups is 1. The lowest BCUT2D eigenvalue weighted by molar-refractivity contribution is 0.275. The molecule has 0 atom stereocenters. The zero-order valence-electron chi connectivity index (χ0n) is 7.43. The van der Waals surface area contributed by atoms with Gasteiger partial charge in [-0.15, -0.1) is 5.10 Å². The molecule has 0 amide bonds. The van der Waals surface area contributed by atoms with Gasteiger partial charge >= 0.3 is 0 Å². The Labute approximate surface area is 89.1 Å². The molecule has 78 valence electrons. The van der Waals surface area contributed by atoms with Crippen LogP contribution in [0.4, 0.5) is 4.39 Å². The van der Waals surface area contributed by atoms with E-state index in [-0.39, 0.29) is 10.6 Å². The molecular formula is C8H6ClFN4O. The second-order valence-electron chi connectivity index (χ2n) is 2.77. The van der Waals surface area contributed by atoms with Crippen LogP contribution in [0.25, 0.3) is 5.69 Å². The molecule has 0 aliphatic heterocycles. The average Bonchev–Trinajstić information content (AvgIpc) is 2.75. The molecule has 0 unspecified atom stereocenters. The molecule has 1 aromatic carbocycles. The third kappa shape index (κ3) is 1.69. The van der Waals surface area contributed by atoms with E-state index < -0.39 is 12.4 Å². The lowest BCUT2D eigenvalue weighted by Crippen LogP contribution is -2.03. The van der Waals surface area contributed by atoms with Crippen molar-refractivity contribution in [3.63, 3.8) is 0 Å². The Balaban J connectivity index is 2.62. The van der Waals surface area contributed by atoms with E-state index in [1.165, 1.54) is 23.1 Å². The summed E-state index contributed by atoms with van der Waals surface area (Å²) in [5, 5.41) is 19.4. The summed E-state index contributed by atoms with van der Waals surface area (Å²) in [7, 11) is 0. The number of nitrogens with zero attached hydrogens (tertiary/aromatic N) is 4. The van der Waals surface area contributed by atoms with Crippen LogP contribution in [0, 0.1) is 5.82 Å². The van der Waals surface area contributed by atoms with E-state index in [1.54, 1.807) is 0 Å². The van der Waals surface area contributed by atoms with Crippen molar-refractivity contribution < 1.29 is 9.50 Å². The number of tetrazole rings is 1. The van der Waals surface area contributed by atoms with Crippen LogP contribution in [-0.4, -0.2) is 25.3 Å². The Morgan fingerprint density at radius 3 is 2.87 bits per heavy atom. The van der Waals surface area contributed by atoms with Crippen molar-refractivity contribution in [2.45, 2.75) is 6.61 Å². The van der Waals surface area contributed by atoms with E-state index in [0.717, 1.165) is 0 Å². The minimum absolute atomic E-state index is 0.0455. The van der Waals surface area contributed by atoms with Crippen LogP contribution in [0.15, 0.2) is 18.5 Å². The van der Waals surface area contributed by atoms with Crippen molar-refractivity contribution in [2.24, 2.45) is 0 Å². The van der Waals surface area contributed by atoms with Crippen molar-refractivity contribution in [3.8, 4) is 5.69 Å². The zero-order valence-corrected chi connectivity index (χ0v) is 8.19. The predicted octanol–water partition coefficient (Wildman–Crippen LogP) is 0.947. The molecule has 7 heteroatoms. The summed E-state index contributed by atoms with van der Waals surface area (Å²) >= 11 is 5.58. The van der Waals surface area contributed by atoms with E-state index in [4.69, 9.17) is 16.7 Å². The van der Waals surface area contributed by atoms with Gasteiger partial charge in [0, 0.05) is 5.56 Å². The van der Waals surface area contributed by atoms with Gasteiger partial charge in [-0.2, -0.15) is 0 Å². The highest BCUT2D eigenvalue weighted by molar-refractivity contribution is 6.30. The number of hydrogen-bond donors (Lipinski definition) is 1. The maximum Gasteiger partial charge on any atom is 0.149 e. The SMILES string of the molecule is OCc1c(-n2cnnn2)ccc(Cl)c1F. The Morgan fingerprint density at radius 2 is 2.27 bits per heavy atom. The zero-order chi connectivity index (χ0) is 10.8. The highest BCUT2D eigenvalue weighted by atomic mass is 35.5. The van der Waals surface area contributed by atoms with E-state index in [2.05, 4.69) is 15.5 Å². The van der Waals surface area contributed by atoms with Gasteiger partial charge in [0.15, 0.2) is 0 Å². The first-order chi connectivity index (χ1) is 7.24. The first-order valence-electron chi connectivity index (χ1n) is 4.05. The topological polar surface area (TPSA) is 63.8 Å². The molecular weight excluding hydrogens is 223 g/mol. The van der Waals surface area contributed by atoms with Gasteiger partial charge in [0.25, 0.3) is 0 Å². The second-order valence-corrected chi connectivity index (χ2v) is 3.18. The maximum absolute atomic E-state index is 13.5. The van der Waals surface area contributed by atoms with Gasteiger partial charge in [-0.25, -0.2) is 9.07 Å². The van der Waals surface area contributed by atoms with Crippen LogP contribution in [0.2, 0.25) is 5.02 Å². The van der Waals surface area contributed by atoms with Crippen LogP contribution in [-0.2, 0) is 6.61 Å². The Kier molecular flexibility index (Phi) is 2.61. The summed E-state index contributed by atoms with van der Waals surface area (Å²) in [5.74, 6) is -0.660. The molecule has 1 heterocycles. The Hall–Kier alpha value is -1.53. The minimum Gasteiger partial charge on any atom is -0.391 e. The summed E-state index contributed by atoms with van der Waals surface area (Å²) < 4.78 is 14.7. The molecule has 5 nitrogen and oxygen atoms in total. The van der Waals surface area contributed by atoms with Gasteiger partial charge in [-0.1, -0.05) is 11.6 Å². The monoisotopic (exact) mass is 228 g/mol. The van der Waals surface area contributed by atoms with Crippen molar-refractivity contribution in [1.82, 2.24) is 20.2 Å². The molecule has 0 bridgehead atoms. The summed E-state index contributed by atoms with van der Waals surface area (Å²) in [6.45, 7) is -0.471. The first kappa shape index (κ1) is 10.0. The van der Waals surface area contributed by atoms with Gasteiger partial charge in [-0.3, -0.25) is 0 Å². The normalized spacial score (nSPS) is 10.6. The lowest BCUT2D eigenvalue weighted by Gasteiger charge is -2.07. The molecule has 0 fully saturated rings. The molecule has 0 aliphatic rings. The summed E-state index contributed by atoms with van der Waals surface area (Å²) in [6, 6.07) is 2.92. The fraction of sp³-hybridized carbons (Fsp3) is 0.125. The number of aromatic nitrogens is 4. The van der Waals surface area contributed by atoms with E-state index >= 15 is 0 Å². The third-order valence-electron chi connectivity index (χ3n) is 1.93. The average molecular weight is 229 g/mol. The molecule has 15 heavy (non-hydrogen) atoms. The van der Waals surface area contributed by atoms with E-state index in [1.807, 2.05) is 0 Å². The van der Waals surface area contributed by atoms with Crippen molar-refractivity contribution in [2.75, 3.05) is 0 Å². The van der Waals surface area contributed by atoms with Gasteiger partial charge in [0.05, 0.1) is 17.3 Å². The number of rotatable bonds is 2. The number of aliphatic hydroxyl groups excluding tert-OH is 1. The summed E-state index contributed by atoms with van der Waals surface area (Å²) in [4.78, 5) is 0. The van der Waals surface area contributed by atoms with Gasteiger partial charge < -0.3 is 5.11 Å². The quantitative estimate of drug-likeness (QED) is 0.831. The van der Waals surface area contributed by atoms with Crippen LogP contribution < -0.4 is 0 Å². The highest BCUT2D eigenvalue weighted by Crippen LogP contribution is 2.23. The largest absolute Gasteiger partial charge is 0.391 e. The number of hydrogen-bond acceptors (Lipinski definition) is 4. The molecule has 1 aromatic heterocycles. The smallest absolute Gasteiger partial charge is 0.149 e. The lowest BCUT2D eigenvalue weighted by atomic mass is 10.2. The molecule has 2 rings (SSSR count). The highest BCUT2D eigenvalue weighted by Gasteiger charge is 2.13. The second kappa shape index (κ2) is 3.92. The number of benzene rings is 1. The molecule has 0 radical (unpaired) electrons. The van der Waals surface area contributed by atoms with Crippen LogP contribution in [0.1, 0.15) is 5.56 Å². The van der Waals surface area contributed by atoms with E-state index in [9.17, 15) is 4.39 Å². The summed E-state index contributed by atoms with van der Waals surface area (Å²) in [6.07, 6.45) is 1.31. The number of halogens is 2. The Morgan fingerprint density at radius 1 is 1.47 bits per heavy atom. The van der Waals surface area contributed by atoms with Crippen LogP contribution in [0.5, 0.6) is 0 Å². The molecule has 0 aliphatic carbocycles. The first-order valence-corrected chi connectivity index (χ1v) is 4.43. The summed E-state index contributed by atoms with van der Waals surface area (Å²) in [5.41, 5.74) is 0.430. The van der Waals surface area contributed by atoms with Gasteiger partial charge in [0.2, 0.25) is 0 Å². The van der Waals surface area contributed by atoms with Gasteiger partial charge in [0.1, 0.15) is 12.1 Å².